The van der Waals surface area contributed by atoms with Gasteiger partial charge in [0.15, 0.2) is 11.5 Å². The number of ether oxygens (including phenoxy) is 2. The molecule has 0 bridgehead atoms. The number of nitrogens with zero attached hydrogens (tertiary/aromatic N) is 1. The van der Waals surface area contributed by atoms with Crippen molar-refractivity contribution in [1.82, 2.24) is 9.88 Å². The fraction of sp³-hybridized carbons (Fsp3) is 0.240. The third kappa shape index (κ3) is 4.47. The van der Waals surface area contributed by atoms with Gasteiger partial charge in [0, 0.05) is 36.3 Å². The van der Waals surface area contributed by atoms with E-state index in [-0.39, 0.29) is 5.91 Å². The molecular weight excluding hydrogens is 412 g/mol. The van der Waals surface area contributed by atoms with Crippen LogP contribution in [0.1, 0.15) is 24.5 Å². The van der Waals surface area contributed by atoms with E-state index in [0.29, 0.717) is 36.2 Å². The average Bonchev–Trinajstić information content (AvgIpc) is 3.24. The van der Waals surface area contributed by atoms with Crippen molar-refractivity contribution in [2.75, 3.05) is 26.8 Å². The molecule has 0 fully saturated rings. The maximum atomic E-state index is 12.7. The second kappa shape index (κ2) is 9.31. The molecule has 0 aliphatic carbocycles. The third-order valence-electron chi connectivity index (χ3n) is 5.44. The molecular formula is C25H25ClN2O3. The molecule has 1 aliphatic rings. The second-order valence-electron chi connectivity index (χ2n) is 7.31. The molecule has 0 saturated carbocycles. The lowest BCUT2D eigenvalue weighted by atomic mass is 9.99. The Balaban J connectivity index is 1.44. The highest BCUT2D eigenvalue weighted by Gasteiger charge is 2.18. The summed E-state index contributed by atoms with van der Waals surface area (Å²) < 4.78 is 10.9. The topological polar surface area (TPSA) is 54.6 Å². The standard InChI is InChI=1S/C25H25ClN2O3/c1-3-31-22-9-7-17(15-23(22)30-2)8-10-24(29)28-13-11-18(12-14-28)20-16-27-25-19(20)5-4-6-21(25)26/h4-11,15-16,27H,3,12-14H2,1-2H3/b10-8+. The molecule has 1 aliphatic heterocycles. The number of carbonyl (C=O) groups is 1. The number of hydrogen-bond donors (Lipinski definition) is 1. The highest BCUT2D eigenvalue weighted by molar-refractivity contribution is 6.35. The molecule has 1 amide bonds. The number of benzene rings is 2. The Morgan fingerprint density at radius 1 is 1.26 bits per heavy atom. The van der Waals surface area contributed by atoms with E-state index in [0.717, 1.165) is 28.5 Å². The van der Waals surface area contributed by atoms with E-state index < -0.39 is 0 Å². The smallest absolute Gasteiger partial charge is 0.246 e. The zero-order valence-corrected chi connectivity index (χ0v) is 18.4. The van der Waals surface area contributed by atoms with Crippen molar-refractivity contribution < 1.29 is 14.3 Å². The Kier molecular flexibility index (Phi) is 6.33. The van der Waals surface area contributed by atoms with Crippen molar-refractivity contribution in [2.45, 2.75) is 13.3 Å². The van der Waals surface area contributed by atoms with E-state index in [4.69, 9.17) is 21.1 Å². The monoisotopic (exact) mass is 436 g/mol. The van der Waals surface area contributed by atoms with Crippen molar-refractivity contribution in [1.29, 1.82) is 0 Å². The molecule has 1 N–H and O–H groups in total. The van der Waals surface area contributed by atoms with Crippen LogP contribution in [-0.2, 0) is 4.79 Å². The second-order valence-corrected chi connectivity index (χ2v) is 7.71. The summed E-state index contributed by atoms with van der Waals surface area (Å²) in [5.41, 5.74) is 4.23. The predicted octanol–water partition coefficient (Wildman–Crippen LogP) is 5.56. The van der Waals surface area contributed by atoms with Crippen molar-refractivity contribution in [3.05, 3.63) is 70.9 Å². The first-order chi connectivity index (χ1) is 15.1. The van der Waals surface area contributed by atoms with E-state index in [1.807, 2.05) is 54.4 Å². The van der Waals surface area contributed by atoms with Gasteiger partial charge in [-0.15, -0.1) is 0 Å². The first-order valence-electron chi connectivity index (χ1n) is 10.3. The van der Waals surface area contributed by atoms with Gasteiger partial charge < -0.3 is 19.4 Å². The van der Waals surface area contributed by atoms with Gasteiger partial charge in [-0.05, 0) is 48.8 Å². The largest absolute Gasteiger partial charge is 0.493 e. The molecule has 0 atom stereocenters. The molecule has 0 radical (unpaired) electrons. The number of fused-ring (bicyclic) bond motifs is 1. The summed E-state index contributed by atoms with van der Waals surface area (Å²) in [4.78, 5) is 17.8. The highest BCUT2D eigenvalue weighted by atomic mass is 35.5. The molecule has 0 saturated heterocycles. The van der Waals surface area contributed by atoms with Gasteiger partial charge in [-0.3, -0.25) is 4.79 Å². The van der Waals surface area contributed by atoms with Crippen molar-refractivity contribution in [3.8, 4) is 11.5 Å². The fourth-order valence-electron chi connectivity index (χ4n) is 3.83. The molecule has 4 rings (SSSR count). The van der Waals surface area contributed by atoms with Gasteiger partial charge in [0.1, 0.15) is 0 Å². The summed E-state index contributed by atoms with van der Waals surface area (Å²) in [6, 6.07) is 11.5. The maximum absolute atomic E-state index is 12.7. The molecule has 160 valence electrons. The Hall–Kier alpha value is -3.18. The number of rotatable bonds is 6. The van der Waals surface area contributed by atoms with Crippen LogP contribution in [0.15, 0.2) is 54.7 Å². The number of aromatic amines is 1. The Labute approximate surface area is 186 Å². The molecule has 2 heterocycles. The summed E-state index contributed by atoms with van der Waals surface area (Å²) >= 11 is 6.28. The van der Waals surface area contributed by atoms with Gasteiger partial charge in [0.25, 0.3) is 0 Å². The molecule has 6 heteroatoms. The lowest BCUT2D eigenvalue weighted by Crippen LogP contribution is -2.33. The van der Waals surface area contributed by atoms with Crippen LogP contribution in [0.3, 0.4) is 0 Å². The number of carbonyl (C=O) groups excluding carboxylic acids is 1. The molecule has 0 spiro atoms. The van der Waals surface area contributed by atoms with Crippen LogP contribution in [-0.4, -0.2) is 42.6 Å². The van der Waals surface area contributed by atoms with Crippen molar-refractivity contribution >= 4 is 40.1 Å². The number of para-hydroxylation sites is 1. The van der Waals surface area contributed by atoms with Gasteiger partial charge >= 0.3 is 0 Å². The van der Waals surface area contributed by atoms with Gasteiger partial charge in [-0.2, -0.15) is 0 Å². The van der Waals surface area contributed by atoms with Crippen LogP contribution in [0.2, 0.25) is 5.02 Å². The van der Waals surface area contributed by atoms with Crippen LogP contribution < -0.4 is 9.47 Å². The molecule has 31 heavy (non-hydrogen) atoms. The average molecular weight is 437 g/mol. The van der Waals surface area contributed by atoms with Gasteiger partial charge in [0.05, 0.1) is 24.3 Å². The van der Waals surface area contributed by atoms with Crippen LogP contribution in [0.5, 0.6) is 11.5 Å². The van der Waals surface area contributed by atoms with Crippen molar-refractivity contribution in [2.24, 2.45) is 0 Å². The van der Waals surface area contributed by atoms with Crippen LogP contribution in [0.4, 0.5) is 0 Å². The maximum Gasteiger partial charge on any atom is 0.246 e. The number of halogens is 1. The fourth-order valence-corrected chi connectivity index (χ4v) is 4.06. The number of amides is 1. The zero-order chi connectivity index (χ0) is 21.8. The summed E-state index contributed by atoms with van der Waals surface area (Å²) in [6.45, 7) is 3.76. The van der Waals surface area contributed by atoms with E-state index >= 15 is 0 Å². The van der Waals surface area contributed by atoms with Crippen LogP contribution in [0.25, 0.3) is 22.6 Å². The van der Waals surface area contributed by atoms with Gasteiger partial charge in [-0.1, -0.05) is 35.9 Å². The normalized spacial score (nSPS) is 14.2. The van der Waals surface area contributed by atoms with Crippen LogP contribution >= 0.6 is 11.6 Å². The minimum atomic E-state index is -0.00915. The molecule has 2 aromatic carbocycles. The number of hydrogen-bond acceptors (Lipinski definition) is 3. The van der Waals surface area contributed by atoms with Crippen LogP contribution in [0, 0.1) is 0 Å². The van der Waals surface area contributed by atoms with Gasteiger partial charge in [0.2, 0.25) is 5.91 Å². The molecule has 0 unspecified atom stereocenters. The number of H-pyrrole nitrogens is 1. The predicted molar refractivity (Wildman–Crippen MR) is 126 cm³/mol. The number of methoxy groups -OCH3 is 1. The minimum Gasteiger partial charge on any atom is -0.493 e. The number of aromatic nitrogens is 1. The lowest BCUT2D eigenvalue weighted by Gasteiger charge is -2.25. The summed E-state index contributed by atoms with van der Waals surface area (Å²) in [7, 11) is 1.61. The third-order valence-corrected chi connectivity index (χ3v) is 5.75. The Bertz CT molecular complexity index is 1160. The number of nitrogens with one attached hydrogen (secondary N) is 1. The zero-order valence-electron chi connectivity index (χ0n) is 17.7. The Morgan fingerprint density at radius 2 is 2.13 bits per heavy atom. The van der Waals surface area contributed by atoms with E-state index in [9.17, 15) is 4.79 Å². The van der Waals surface area contributed by atoms with Gasteiger partial charge in [-0.25, -0.2) is 0 Å². The van der Waals surface area contributed by atoms with Crippen molar-refractivity contribution in [3.63, 3.8) is 0 Å². The molecule has 5 nitrogen and oxygen atoms in total. The quantitative estimate of drug-likeness (QED) is 0.515. The minimum absolute atomic E-state index is 0.00915. The summed E-state index contributed by atoms with van der Waals surface area (Å²) in [5.74, 6) is 1.34. The van der Waals surface area contributed by atoms with E-state index in [1.165, 1.54) is 5.57 Å². The molecule has 1 aromatic heterocycles. The lowest BCUT2D eigenvalue weighted by molar-refractivity contribution is -0.125. The van der Waals surface area contributed by atoms with E-state index in [1.54, 1.807) is 13.2 Å². The first kappa shape index (κ1) is 21.1. The summed E-state index contributed by atoms with van der Waals surface area (Å²) in [5, 5.41) is 1.83. The SMILES string of the molecule is CCOc1ccc(/C=C/C(=O)N2CC=C(c3c[nH]c4c(Cl)cccc34)CC2)cc1OC. The van der Waals surface area contributed by atoms with E-state index in [2.05, 4.69) is 17.1 Å². The first-order valence-corrected chi connectivity index (χ1v) is 10.7. The molecule has 3 aromatic rings. The Morgan fingerprint density at radius 3 is 2.87 bits per heavy atom. The summed E-state index contributed by atoms with van der Waals surface area (Å²) in [6.07, 6.45) is 8.34. The highest BCUT2D eigenvalue weighted by Crippen LogP contribution is 2.32.